The Morgan fingerprint density at radius 1 is 0.960 bits per heavy atom. The van der Waals surface area contributed by atoms with Crippen molar-refractivity contribution < 1.29 is 23.5 Å². The molecule has 2 amide bonds. The summed E-state index contributed by atoms with van der Waals surface area (Å²) in [7, 11) is -3.58. The number of rotatable bonds is 6. The standard InChI is InChI=1S/C39H39FN4O5Si/c1-24-36(50(2,3)40)34(21-35(46)42-22-26-12-8-7-11-25(26)19-29(42)23-45)49-39(24)31-20-28(44-37(47)30-15-9-10-16-32(30)41-44)17-18-33(31)43(38(39)48)27-13-5-4-6-14-27/h4-18,20,24,29,34,36,41,45H,19,21-23H2,1-3H3/t24-,29+,34+,36-,39+/m1/s1. The molecule has 5 aromatic rings. The smallest absolute Gasteiger partial charge is 0.279 e. The van der Waals surface area contributed by atoms with E-state index in [0.29, 0.717) is 46.5 Å². The number of amides is 2. The molecule has 1 fully saturated rings. The van der Waals surface area contributed by atoms with Gasteiger partial charge < -0.3 is 18.9 Å². The number of aromatic amines is 1. The maximum absolute atomic E-state index is 16.6. The first kappa shape index (κ1) is 32.4. The number of fused-ring (bicyclic) bond motifs is 4. The van der Waals surface area contributed by atoms with Crippen molar-refractivity contribution in [1.82, 2.24) is 14.7 Å². The van der Waals surface area contributed by atoms with E-state index in [4.69, 9.17) is 4.74 Å². The lowest BCUT2D eigenvalue weighted by atomic mass is 9.82. The number of para-hydroxylation sites is 2. The van der Waals surface area contributed by atoms with Gasteiger partial charge in [-0.1, -0.05) is 61.5 Å². The number of ether oxygens (including phenoxy) is 1. The number of carbonyl (C=O) groups is 2. The van der Waals surface area contributed by atoms with Gasteiger partial charge in [-0.25, -0.2) is 4.68 Å². The van der Waals surface area contributed by atoms with E-state index in [9.17, 15) is 19.5 Å². The van der Waals surface area contributed by atoms with Crippen molar-refractivity contribution in [2.24, 2.45) is 5.92 Å². The van der Waals surface area contributed by atoms with Gasteiger partial charge in [-0.3, -0.25) is 24.4 Å². The predicted molar refractivity (Wildman–Crippen MR) is 192 cm³/mol. The highest BCUT2D eigenvalue weighted by Crippen LogP contribution is 2.61. The fourth-order valence-corrected chi connectivity index (χ4v) is 11.2. The van der Waals surface area contributed by atoms with Crippen LogP contribution in [0.4, 0.5) is 15.5 Å². The quantitative estimate of drug-likeness (QED) is 0.165. The number of carbonyl (C=O) groups excluding carboxylic acids is 2. The van der Waals surface area contributed by atoms with E-state index in [2.05, 4.69) is 5.10 Å². The lowest BCUT2D eigenvalue weighted by Crippen LogP contribution is -2.48. The van der Waals surface area contributed by atoms with Gasteiger partial charge >= 0.3 is 0 Å². The molecular weight excluding hydrogens is 652 g/mol. The van der Waals surface area contributed by atoms with Gasteiger partial charge in [-0.05, 0) is 73.1 Å². The molecule has 1 spiro atoms. The molecule has 4 aromatic carbocycles. The predicted octanol–water partition coefficient (Wildman–Crippen LogP) is 6.11. The van der Waals surface area contributed by atoms with Crippen molar-refractivity contribution in [3.63, 3.8) is 0 Å². The van der Waals surface area contributed by atoms with Crippen molar-refractivity contribution in [1.29, 1.82) is 0 Å². The topological polar surface area (TPSA) is 108 Å². The van der Waals surface area contributed by atoms with Crippen LogP contribution in [0.25, 0.3) is 16.6 Å². The first-order valence-corrected chi connectivity index (χ1v) is 20.1. The molecule has 1 aromatic heterocycles. The summed E-state index contributed by atoms with van der Waals surface area (Å²) in [6, 6.07) is 29.3. The number of hydrogen-bond acceptors (Lipinski definition) is 5. The molecule has 1 saturated heterocycles. The van der Waals surface area contributed by atoms with Crippen LogP contribution in [0.2, 0.25) is 18.6 Å². The number of aromatic nitrogens is 2. The van der Waals surface area contributed by atoms with E-state index in [1.807, 2.05) is 73.7 Å². The third-order valence-electron chi connectivity index (χ3n) is 11.0. The largest absolute Gasteiger partial charge is 0.394 e. The monoisotopic (exact) mass is 690 g/mol. The molecule has 4 heterocycles. The second kappa shape index (κ2) is 11.9. The lowest BCUT2D eigenvalue weighted by molar-refractivity contribution is -0.150. The van der Waals surface area contributed by atoms with Gasteiger partial charge in [0.25, 0.3) is 11.5 Å². The number of aliphatic hydroxyl groups excluding tert-OH is 1. The van der Waals surface area contributed by atoms with Gasteiger partial charge in [0.2, 0.25) is 14.3 Å². The zero-order chi connectivity index (χ0) is 34.9. The number of hydrogen-bond donors (Lipinski definition) is 2. The third kappa shape index (κ3) is 4.90. The summed E-state index contributed by atoms with van der Waals surface area (Å²) in [4.78, 5) is 46.0. The van der Waals surface area contributed by atoms with E-state index < -0.39 is 37.6 Å². The average molecular weight is 691 g/mol. The molecule has 0 bridgehead atoms. The van der Waals surface area contributed by atoms with Crippen molar-refractivity contribution in [3.8, 4) is 5.69 Å². The van der Waals surface area contributed by atoms with Crippen LogP contribution in [-0.4, -0.2) is 58.8 Å². The third-order valence-corrected chi connectivity index (χ3v) is 13.4. The van der Waals surface area contributed by atoms with E-state index >= 15 is 4.11 Å². The average Bonchev–Trinajstić information content (AvgIpc) is 3.70. The van der Waals surface area contributed by atoms with E-state index in [-0.39, 0.29) is 30.4 Å². The molecule has 8 rings (SSSR count). The van der Waals surface area contributed by atoms with Gasteiger partial charge in [-0.2, -0.15) is 0 Å². The number of nitrogens with zero attached hydrogens (tertiary/aromatic N) is 3. The van der Waals surface area contributed by atoms with E-state index in [1.54, 1.807) is 53.2 Å². The normalized spacial score (nSPS) is 24.6. The number of H-pyrrole nitrogens is 1. The Bertz CT molecular complexity index is 2200. The zero-order valence-electron chi connectivity index (χ0n) is 28.2. The van der Waals surface area contributed by atoms with Crippen LogP contribution < -0.4 is 10.5 Å². The van der Waals surface area contributed by atoms with E-state index in [1.165, 1.54) is 4.68 Å². The summed E-state index contributed by atoms with van der Waals surface area (Å²) < 4.78 is 25.0. The Morgan fingerprint density at radius 2 is 1.66 bits per heavy atom. The van der Waals surface area contributed by atoms with Gasteiger partial charge in [-0.15, -0.1) is 0 Å². The first-order valence-electron chi connectivity index (χ1n) is 17.1. The summed E-state index contributed by atoms with van der Waals surface area (Å²) in [5.41, 5.74) is 2.47. The summed E-state index contributed by atoms with van der Waals surface area (Å²) >= 11 is 0. The molecule has 0 radical (unpaired) electrons. The second-order valence-electron chi connectivity index (χ2n) is 14.3. The Hall–Kier alpha value is -4.84. The Labute approximate surface area is 290 Å². The summed E-state index contributed by atoms with van der Waals surface area (Å²) in [6.45, 7) is 5.21. The van der Waals surface area contributed by atoms with E-state index in [0.717, 1.165) is 11.1 Å². The molecule has 3 aliphatic rings. The van der Waals surface area contributed by atoms with Gasteiger partial charge in [0.05, 0.1) is 47.5 Å². The number of aliphatic hydroxyl groups is 1. The van der Waals surface area contributed by atoms with Crippen LogP contribution in [0.3, 0.4) is 0 Å². The zero-order valence-corrected chi connectivity index (χ0v) is 29.2. The Kier molecular flexibility index (Phi) is 7.70. The van der Waals surface area contributed by atoms with Gasteiger partial charge in [0, 0.05) is 29.3 Å². The van der Waals surface area contributed by atoms with Gasteiger partial charge in [0.1, 0.15) is 0 Å². The minimum atomic E-state index is -3.58. The van der Waals surface area contributed by atoms with Crippen LogP contribution in [0.1, 0.15) is 30.0 Å². The number of anilines is 2. The van der Waals surface area contributed by atoms with Crippen LogP contribution in [0.5, 0.6) is 0 Å². The molecule has 5 atom stereocenters. The Morgan fingerprint density at radius 3 is 2.38 bits per heavy atom. The molecule has 0 aliphatic carbocycles. The second-order valence-corrected chi connectivity index (χ2v) is 18.1. The number of nitrogens with one attached hydrogen (secondary N) is 1. The van der Waals surface area contributed by atoms with Crippen molar-refractivity contribution in [3.05, 3.63) is 124 Å². The van der Waals surface area contributed by atoms with Crippen LogP contribution >= 0.6 is 0 Å². The molecule has 0 unspecified atom stereocenters. The lowest BCUT2D eigenvalue weighted by Gasteiger charge is -2.37. The van der Waals surface area contributed by atoms with Crippen LogP contribution in [0.15, 0.2) is 102 Å². The highest BCUT2D eigenvalue weighted by Gasteiger charge is 2.67. The molecule has 9 nitrogen and oxygen atoms in total. The molecule has 2 N–H and O–H groups in total. The van der Waals surface area contributed by atoms with Gasteiger partial charge in [0.15, 0.2) is 5.60 Å². The fourth-order valence-electron chi connectivity index (χ4n) is 8.71. The minimum Gasteiger partial charge on any atom is -0.394 e. The van der Waals surface area contributed by atoms with Crippen LogP contribution in [0, 0.1) is 5.92 Å². The number of halogens is 1. The van der Waals surface area contributed by atoms with Crippen LogP contribution in [-0.2, 0) is 32.9 Å². The molecule has 0 saturated carbocycles. The summed E-state index contributed by atoms with van der Waals surface area (Å²) in [5, 5.41) is 14.0. The number of benzene rings is 4. The van der Waals surface area contributed by atoms with Crippen molar-refractivity contribution >= 4 is 42.5 Å². The highest BCUT2D eigenvalue weighted by atomic mass is 28.4. The fraction of sp³-hybridized carbons (Fsp3) is 0.308. The molecule has 50 heavy (non-hydrogen) atoms. The molecule has 11 heteroatoms. The van der Waals surface area contributed by atoms with Crippen molar-refractivity contribution in [2.75, 3.05) is 11.5 Å². The maximum atomic E-state index is 16.6. The molecule has 256 valence electrons. The summed E-state index contributed by atoms with van der Waals surface area (Å²) in [6.07, 6.45) is -0.511. The van der Waals surface area contributed by atoms with Crippen molar-refractivity contribution in [2.45, 2.75) is 62.7 Å². The first-order chi connectivity index (χ1) is 24.0. The maximum Gasteiger partial charge on any atom is 0.279 e. The Balaban J connectivity index is 1.23. The SMILES string of the molecule is C[C@@H]1[C@@H]([Si](C)(C)F)[C@H](CC(=O)N2Cc3ccccc3C[C@H]2CO)O[C@@]12C(=O)N(c1ccccc1)c1ccc(-n3[nH]c4ccccc4c3=O)cc12. The molecule has 3 aliphatic heterocycles. The summed E-state index contributed by atoms with van der Waals surface area (Å²) in [5.74, 6) is -1.25. The highest BCUT2D eigenvalue weighted by molar-refractivity contribution is 6.72. The minimum absolute atomic E-state index is 0.134. The molecular formula is C39H39FN4O5Si.